The summed E-state index contributed by atoms with van der Waals surface area (Å²) in [5.74, 6) is 0.326. The van der Waals surface area contributed by atoms with Crippen LogP contribution in [0.5, 0.6) is 0 Å². The number of nitrogens with one attached hydrogen (secondary N) is 1. The Labute approximate surface area is 187 Å². The van der Waals surface area contributed by atoms with Gasteiger partial charge in [0, 0.05) is 28.2 Å². The van der Waals surface area contributed by atoms with Crippen LogP contribution in [0.2, 0.25) is 5.02 Å². The molecule has 0 saturated carbocycles. The Morgan fingerprint density at radius 3 is 2.47 bits per heavy atom. The van der Waals surface area contributed by atoms with Crippen molar-refractivity contribution in [2.24, 2.45) is 5.41 Å². The van der Waals surface area contributed by atoms with E-state index in [4.69, 9.17) is 16.6 Å². The normalized spacial score (nSPS) is 27.2. The molecule has 2 aromatic rings. The Morgan fingerprint density at radius 2 is 1.77 bits per heavy atom. The van der Waals surface area contributed by atoms with Gasteiger partial charge in [0.05, 0.1) is 5.69 Å². The fraction of sp³-hybridized carbons (Fsp3) is 0.519. The summed E-state index contributed by atoms with van der Waals surface area (Å²) in [5.41, 5.74) is 10.7. The first-order chi connectivity index (χ1) is 14.0. The first-order valence-electron chi connectivity index (χ1n) is 11.2. The van der Waals surface area contributed by atoms with Gasteiger partial charge < -0.3 is 5.32 Å². The molecule has 0 spiro atoms. The highest BCUT2D eigenvalue weighted by atomic mass is 35.5. The Balaban J connectivity index is 2.20. The molecule has 0 amide bonds. The zero-order valence-corrected chi connectivity index (χ0v) is 20.5. The molecule has 2 aliphatic rings. The molecule has 1 aromatic heterocycles. The summed E-state index contributed by atoms with van der Waals surface area (Å²) in [7, 11) is 0. The molecule has 1 aliphatic heterocycles. The highest BCUT2D eigenvalue weighted by Crippen LogP contribution is 2.53. The van der Waals surface area contributed by atoms with Gasteiger partial charge in [-0.25, -0.2) is 0 Å². The van der Waals surface area contributed by atoms with Crippen molar-refractivity contribution in [3.8, 4) is 0 Å². The third-order valence-electron chi connectivity index (χ3n) is 8.29. The van der Waals surface area contributed by atoms with Gasteiger partial charge in [-0.2, -0.15) is 0 Å². The molecule has 1 fully saturated rings. The van der Waals surface area contributed by atoms with Crippen molar-refractivity contribution < 1.29 is 0 Å². The number of halogens is 1. The maximum Gasteiger partial charge on any atom is 0.0748 e. The van der Waals surface area contributed by atoms with E-state index < -0.39 is 0 Å². The molecule has 3 heteroatoms. The predicted octanol–water partition coefficient (Wildman–Crippen LogP) is 6.96. The molecule has 4 rings (SSSR count). The van der Waals surface area contributed by atoms with E-state index in [1.165, 1.54) is 44.7 Å². The summed E-state index contributed by atoms with van der Waals surface area (Å²) >= 11 is 6.53. The number of hydrogen-bond acceptors (Lipinski definition) is 2. The summed E-state index contributed by atoms with van der Waals surface area (Å²) in [6.45, 7) is 19.6. The summed E-state index contributed by atoms with van der Waals surface area (Å²) < 4.78 is 0. The molecule has 2 nitrogen and oxygen atoms in total. The molecular formula is C27H35ClN2. The van der Waals surface area contributed by atoms with Crippen LogP contribution in [0.4, 0.5) is 0 Å². The van der Waals surface area contributed by atoms with E-state index in [2.05, 4.69) is 79.0 Å². The lowest BCUT2D eigenvalue weighted by Crippen LogP contribution is -2.46. The van der Waals surface area contributed by atoms with E-state index in [0.717, 1.165) is 18.0 Å². The lowest BCUT2D eigenvalue weighted by atomic mass is 9.69. The SMILES string of the molecule is Cc1cnc2c(c1C)C(C)(C)C(C)c1cc(Cl)ccc1/C2=C1\CCNC(C)C1(C)C. The van der Waals surface area contributed by atoms with Gasteiger partial charge in [-0.1, -0.05) is 57.9 Å². The van der Waals surface area contributed by atoms with Gasteiger partial charge in [-0.15, -0.1) is 0 Å². The zero-order chi connectivity index (χ0) is 22.0. The minimum absolute atomic E-state index is 0.0416. The topological polar surface area (TPSA) is 24.9 Å². The van der Waals surface area contributed by atoms with Gasteiger partial charge in [0.1, 0.15) is 0 Å². The number of rotatable bonds is 0. The average molecular weight is 423 g/mol. The van der Waals surface area contributed by atoms with Crippen LogP contribution in [-0.2, 0) is 5.41 Å². The van der Waals surface area contributed by atoms with Crippen LogP contribution < -0.4 is 5.32 Å². The second-order valence-corrected chi connectivity index (χ2v) is 10.9. The minimum Gasteiger partial charge on any atom is -0.313 e. The first-order valence-corrected chi connectivity index (χ1v) is 11.6. The average Bonchev–Trinajstić information content (AvgIpc) is 2.74. The van der Waals surface area contributed by atoms with Gasteiger partial charge in [-0.05, 0) is 85.0 Å². The fourth-order valence-corrected chi connectivity index (χ4v) is 5.71. The van der Waals surface area contributed by atoms with Crippen molar-refractivity contribution in [1.29, 1.82) is 0 Å². The summed E-state index contributed by atoms with van der Waals surface area (Å²) in [5, 5.41) is 4.49. The molecule has 30 heavy (non-hydrogen) atoms. The van der Waals surface area contributed by atoms with Crippen molar-refractivity contribution in [3.05, 3.63) is 68.5 Å². The number of hydrogen-bond donors (Lipinski definition) is 1. The number of benzene rings is 1. The Bertz CT molecular complexity index is 1050. The quantitative estimate of drug-likeness (QED) is 0.496. The Morgan fingerprint density at radius 1 is 1.07 bits per heavy atom. The highest BCUT2D eigenvalue weighted by molar-refractivity contribution is 6.30. The van der Waals surface area contributed by atoms with Gasteiger partial charge in [0.2, 0.25) is 0 Å². The van der Waals surface area contributed by atoms with Crippen molar-refractivity contribution in [2.75, 3.05) is 6.54 Å². The fourth-order valence-electron chi connectivity index (χ4n) is 5.53. The molecular weight excluding hydrogens is 388 g/mol. The third kappa shape index (κ3) is 3.07. The standard InChI is InChI=1S/C27H35ClN2/c1-15-14-30-25-23(22-11-12-29-18(4)27(22,7)8)20-10-9-19(28)13-21(20)17(3)26(5,6)24(25)16(15)2/h9-10,13-14,17-18,29H,11-12H2,1-8H3/b23-22-. The smallest absolute Gasteiger partial charge is 0.0748 e. The van der Waals surface area contributed by atoms with Crippen LogP contribution in [-0.4, -0.2) is 17.6 Å². The van der Waals surface area contributed by atoms with Crippen molar-refractivity contribution >= 4 is 17.2 Å². The maximum atomic E-state index is 6.53. The van der Waals surface area contributed by atoms with Crippen LogP contribution in [0.25, 0.3) is 5.57 Å². The lowest BCUT2D eigenvalue weighted by molar-refractivity contribution is 0.271. The van der Waals surface area contributed by atoms with E-state index in [1.807, 2.05) is 6.07 Å². The van der Waals surface area contributed by atoms with E-state index in [1.54, 1.807) is 0 Å². The number of fused-ring (bicyclic) bond motifs is 2. The second kappa shape index (κ2) is 7.21. The third-order valence-corrected chi connectivity index (χ3v) is 8.53. The van der Waals surface area contributed by atoms with E-state index >= 15 is 0 Å². The molecule has 0 bridgehead atoms. The summed E-state index contributed by atoms with van der Waals surface area (Å²) in [6, 6.07) is 6.88. The van der Waals surface area contributed by atoms with Crippen LogP contribution in [0.1, 0.15) is 87.4 Å². The first kappa shape index (κ1) is 21.6. The zero-order valence-electron chi connectivity index (χ0n) is 19.7. The maximum absolute atomic E-state index is 6.53. The van der Waals surface area contributed by atoms with Gasteiger partial charge in [-0.3, -0.25) is 4.98 Å². The van der Waals surface area contributed by atoms with Crippen LogP contribution in [0.3, 0.4) is 0 Å². The predicted molar refractivity (Wildman–Crippen MR) is 128 cm³/mol. The monoisotopic (exact) mass is 422 g/mol. The van der Waals surface area contributed by atoms with Crippen molar-refractivity contribution in [3.63, 3.8) is 0 Å². The highest BCUT2D eigenvalue weighted by Gasteiger charge is 2.42. The Kier molecular flexibility index (Phi) is 5.19. The van der Waals surface area contributed by atoms with Gasteiger partial charge >= 0.3 is 0 Å². The number of piperidine rings is 1. The number of aryl methyl sites for hydroxylation is 1. The number of nitrogens with zero attached hydrogens (tertiary/aromatic N) is 1. The van der Waals surface area contributed by atoms with Crippen LogP contribution in [0.15, 0.2) is 30.0 Å². The molecule has 160 valence electrons. The molecule has 2 unspecified atom stereocenters. The van der Waals surface area contributed by atoms with E-state index in [9.17, 15) is 0 Å². The molecule has 1 aliphatic carbocycles. The largest absolute Gasteiger partial charge is 0.313 e. The molecule has 1 aromatic carbocycles. The van der Waals surface area contributed by atoms with E-state index in [-0.39, 0.29) is 10.8 Å². The molecule has 2 atom stereocenters. The number of aromatic nitrogens is 1. The molecule has 1 N–H and O–H groups in total. The second-order valence-electron chi connectivity index (χ2n) is 10.5. The van der Waals surface area contributed by atoms with Crippen molar-refractivity contribution in [2.45, 2.75) is 79.2 Å². The van der Waals surface area contributed by atoms with E-state index in [0.29, 0.717) is 12.0 Å². The van der Waals surface area contributed by atoms with Gasteiger partial charge in [0.25, 0.3) is 0 Å². The van der Waals surface area contributed by atoms with Crippen LogP contribution in [0, 0.1) is 19.3 Å². The van der Waals surface area contributed by atoms with Crippen molar-refractivity contribution in [1.82, 2.24) is 10.3 Å². The minimum atomic E-state index is -0.0527. The number of pyridine rings is 1. The summed E-state index contributed by atoms with van der Waals surface area (Å²) in [6.07, 6.45) is 3.10. The molecule has 0 radical (unpaired) electrons. The lowest BCUT2D eigenvalue weighted by Gasteiger charge is -2.42. The molecule has 1 saturated heterocycles. The summed E-state index contributed by atoms with van der Waals surface area (Å²) in [4.78, 5) is 5.13. The van der Waals surface area contributed by atoms with Gasteiger partial charge in [0.15, 0.2) is 0 Å². The van der Waals surface area contributed by atoms with Crippen LogP contribution >= 0.6 is 11.6 Å². The Hall–Kier alpha value is -1.64. The molecule has 2 heterocycles.